The van der Waals surface area contributed by atoms with Crippen molar-refractivity contribution in [2.75, 3.05) is 19.8 Å². The number of hydrogen-bond acceptors (Lipinski definition) is 5. The molecule has 24 heavy (non-hydrogen) atoms. The average Bonchev–Trinajstić information content (AvgIpc) is 3.14. The molecule has 1 amide bonds. The molecule has 0 fully saturated rings. The molecule has 8 nitrogen and oxygen atoms in total. The second kappa shape index (κ2) is 6.72. The first-order valence-electron chi connectivity index (χ1n) is 8.35. The molecule has 8 heteroatoms. The lowest BCUT2D eigenvalue weighted by Gasteiger charge is -2.32. The summed E-state index contributed by atoms with van der Waals surface area (Å²) >= 11 is 0. The van der Waals surface area contributed by atoms with Crippen molar-refractivity contribution < 1.29 is 9.53 Å². The van der Waals surface area contributed by atoms with Gasteiger partial charge < -0.3 is 9.64 Å². The van der Waals surface area contributed by atoms with Gasteiger partial charge in [0.15, 0.2) is 0 Å². The van der Waals surface area contributed by atoms with Crippen molar-refractivity contribution in [3.05, 3.63) is 28.8 Å². The predicted octanol–water partition coefficient (Wildman–Crippen LogP) is 1.12. The van der Waals surface area contributed by atoms with Gasteiger partial charge in [0, 0.05) is 32.7 Å². The van der Waals surface area contributed by atoms with E-state index < -0.39 is 0 Å². The summed E-state index contributed by atoms with van der Waals surface area (Å²) in [4.78, 5) is 14.8. The summed E-state index contributed by atoms with van der Waals surface area (Å²) in [5, 5.41) is 12.7. The molecule has 0 saturated heterocycles. The topological polar surface area (TPSA) is 78.1 Å². The molecule has 130 valence electrons. The molecule has 0 N–H and O–H groups in total. The van der Waals surface area contributed by atoms with Crippen LogP contribution in [0.25, 0.3) is 0 Å². The third-order valence-electron chi connectivity index (χ3n) is 4.34. The van der Waals surface area contributed by atoms with Gasteiger partial charge in [-0.25, -0.2) is 0 Å². The maximum atomic E-state index is 13.0. The van der Waals surface area contributed by atoms with E-state index in [0.29, 0.717) is 38.5 Å². The van der Waals surface area contributed by atoms with E-state index in [0.717, 1.165) is 17.1 Å². The Morgan fingerprint density at radius 3 is 2.92 bits per heavy atom. The van der Waals surface area contributed by atoms with E-state index in [1.165, 1.54) is 0 Å². The summed E-state index contributed by atoms with van der Waals surface area (Å²) < 4.78 is 9.16. The Bertz CT molecular complexity index is 735. The van der Waals surface area contributed by atoms with Crippen LogP contribution in [0.3, 0.4) is 0 Å². The Hall–Kier alpha value is -2.22. The molecule has 0 unspecified atom stereocenters. The van der Waals surface area contributed by atoms with Crippen LogP contribution in [0.4, 0.5) is 0 Å². The van der Waals surface area contributed by atoms with Gasteiger partial charge in [0.25, 0.3) is 5.91 Å². The van der Waals surface area contributed by atoms with Crippen LogP contribution in [0.2, 0.25) is 0 Å². The fourth-order valence-corrected chi connectivity index (χ4v) is 3.28. The van der Waals surface area contributed by atoms with Crippen molar-refractivity contribution >= 4 is 5.91 Å². The molecule has 1 aliphatic heterocycles. The molecule has 2 aromatic heterocycles. The van der Waals surface area contributed by atoms with E-state index in [4.69, 9.17) is 4.74 Å². The number of hydrogen-bond donors (Lipinski definition) is 0. The van der Waals surface area contributed by atoms with E-state index in [2.05, 4.69) is 15.4 Å². The van der Waals surface area contributed by atoms with Crippen molar-refractivity contribution in [2.24, 2.45) is 7.05 Å². The Morgan fingerprint density at radius 1 is 1.42 bits per heavy atom. The number of nitrogens with zero attached hydrogens (tertiary/aromatic N) is 6. The molecule has 0 radical (unpaired) electrons. The molecule has 1 aliphatic rings. The SMILES string of the molecule is CCOC[C@@H]1CN(C(=O)c2cc(C)nn2CC)Cc2nnn(C)c21. The highest BCUT2D eigenvalue weighted by Gasteiger charge is 2.33. The molecular formula is C16H24N6O2. The quantitative estimate of drug-likeness (QED) is 0.820. The van der Waals surface area contributed by atoms with E-state index in [-0.39, 0.29) is 11.8 Å². The van der Waals surface area contributed by atoms with Gasteiger partial charge in [-0.15, -0.1) is 5.10 Å². The van der Waals surface area contributed by atoms with E-state index in [9.17, 15) is 4.79 Å². The maximum absolute atomic E-state index is 13.0. The molecule has 3 heterocycles. The zero-order valence-corrected chi connectivity index (χ0v) is 14.7. The lowest BCUT2D eigenvalue weighted by molar-refractivity contribution is 0.0633. The van der Waals surface area contributed by atoms with E-state index in [1.807, 2.05) is 38.8 Å². The molecule has 0 bridgehead atoms. The van der Waals surface area contributed by atoms with Gasteiger partial charge in [0.05, 0.1) is 24.5 Å². The van der Waals surface area contributed by atoms with Crippen LogP contribution in [0.15, 0.2) is 6.07 Å². The summed E-state index contributed by atoms with van der Waals surface area (Å²) in [7, 11) is 1.89. The smallest absolute Gasteiger partial charge is 0.272 e. The summed E-state index contributed by atoms with van der Waals surface area (Å²) in [5.41, 5.74) is 3.38. The highest BCUT2D eigenvalue weighted by Crippen LogP contribution is 2.28. The summed E-state index contributed by atoms with van der Waals surface area (Å²) in [5.74, 6) is 0.0620. The average molecular weight is 332 g/mol. The molecule has 3 rings (SSSR count). The molecule has 2 aromatic rings. The van der Waals surface area contributed by atoms with Gasteiger partial charge in [-0.2, -0.15) is 5.10 Å². The molecule has 0 saturated carbocycles. The molecule has 0 spiro atoms. The molecule has 1 atom stereocenters. The monoisotopic (exact) mass is 332 g/mol. The number of amides is 1. The minimum Gasteiger partial charge on any atom is -0.381 e. The first-order chi connectivity index (χ1) is 11.5. The number of carbonyl (C=O) groups is 1. The number of ether oxygens (including phenoxy) is 1. The van der Waals surface area contributed by atoms with Crippen molar-refractivity contribution in [1.29, 1.82) is 0 Å². The van der Waals surface area contributed by atoms with Gasteiger partial charge in [-0.1, -0.05) is 5.21 Å². The van der Waals surface area contributed by atoms with Crippen molar-refractivity contribution in [3.63, 3.8) is 0 Å². The van der Waals surface area contributed by atoms with Gasteiger partial charge >= 0.3 is 0 Å². The van der Waals surface area contributed by atoms with Gasteiger partial charge in [0.2, 0.25) is 0 Å². The van der Waals surface area contributed by atoms with Gasteiger partial charge in [-0.3, -0.25) is 14.2 Å². The molecule has 0 aromatic carbocycles. The van der Waals surface area contributed by atoms with Crippen LogP contribution in [-0.4, -0.2) is 55.3 Å². The largest absolute Gasteiger partial charge is 0.381 e. The summed E-state index contributed by atoms with van der Waals surface area (Å²) in [6, 6.07) is 1.84. The number of aromatic nitrogens is 5. The normalized spacial score (nSPS) is 17.2. The minimum atomic E-state index is -0.0183. The van der Waals surface area contributed by atoms with Crippen molar-refractivity contribution in [1.82, 2.24) is 29.7 Å². The Balaban J connectivity index is 1.88. The first kappa shape index (κ1) is 16.6. The number of rotatable bonds is 5. The molecular weight excluding hydrogens is 308 g/mol. The summed E-state index contributed by atoms with van der Waals surface area (Å²) in [6.45, 7) is 8.79. The number of aryl methyl sites for hydroxylation is 3. The third kappa shape index (κ3) is 2.93. The molecule has 0 aliphatic carbocycles. The summed E-state index contributed by atoms with van der Waals surface area (Å²) in [6.07, 6.45) is 0. The highest BCUT2D eigenvalue weighted by atomic mass is 16.5. The first-order valence-corrected chi connectivity index (χ1v) is 8.35. The van der Waals surface area contributed by atoms with Crippen LogP contribution in [0.5, 0.6) is 0 Å². The maximum Gasteiger partial charge on any atom is 0.272 e. The Morgan fingerprint density at radius 2 is 2.21 bits per heavy atom. The van der Waals surface area contributed by atoms with Gasteiger partial charge in [-0.05, 0) is 26.8 Å². The van der Waals surface area contributed by atoms with Crippen molar-refractivity contribution in [2.45, 2.75) is 39.8 Å². The van der Waals surface area contributed by atoms with Crippen LogP contribution in [-0.2, 0) is 24.9 Å². The minimum absolute atomic E-state index is 0.0183. The number of carbonyl (C=O) groups excluding carboxylic acids is 1. The third-order valence-corrected chi connectivity index (χ3v) is 4.34. The second-order valence-corrected chi connectivity index (χ2v) is 6.07. The van der Waals surface area contributed by atoms with Gasteiger partial charge in [0.1, 0.15) is 11.4 Å². The zero-order chi connectivity index (χ0) is 17.3. The Kier molecular flexibility index (Phi) is 4.66. The fourth-order valence-electron chi connectivity index (χ4n) is 3.28. The van der Waals surface area contributed by atoms with Crippen LogP contribution in [0, 0.1) is 6.92 Å². The highest BCUT2D eigenvalue weighted by molar-refractivity contribution is 5.92. The van der Waals surface area contributed by atoms with E-state index >= 15 is 0 Å². The Labute approximate surface area is 141 Å². The van der Waals surface area contributed by atoms with Crippen LogP contribution in [0.1, 0.15) is 47.3 Å². The van der Waals surface area contributed by atoms with Crippen LogP contribution < -0.4 is 0 Å². The van der Waals surface area contributed by atoms with E-state index in [1.54, 1.807) is 9.36 Å². The lowest BCUT2D eigenvalue weighted by atomic mass is 9.98. The second-order valence-electron chi connectivity index (χ2n) is 6.07. The number of fused-ring (bicyclic) bond motifs is 1. The fraction of sp³-hybridized carbons (Fsp3) is 0.625. The lowest BCUT2D eigenvalue weighted by Crippen LogP contribution is -2.41. The zero-order valence-electron chi connectivity index (χ0n) is 14.7. The van der Waals surface area contributed by atoms with Crippen LogP contribution >= 0.6 is 0 Å². The predicted molar refractivity (Wildman–Crippen MR) is 87.6 cm³/mol. The van der Waals surface area contributed by atoms with Crippen molar-refractivity contribution in [3.8, 4) is 0 Å². The standard InChI is InChI=1S/C16H24N6O2/c1-5-22-14(7-11(3)18-22)16(23)21-8-12(10-24-6-2)15-13(9-21)17-19-20(15)4/h7,12H,5-6,8-10H2,1-4H3/t12-/m0/s1.